The van der Waals surface area contributed by atoms with Gasteiger partial charge < -0.3 is 5.73 Å². The highest BCUT2D eigenvalue weighted by molar-refractivity contribution is 5.27. The van der Waals surface area contributed by atoms with Crippen LogP contribution >= 0.6 is 0 Å². The third-order valence-electron chi connectivity index (χ3n) is 3.42. The van der Waals surface area contributed by atoms with Gasteiger partial charge in [-0.05, 0) is 27.8 Å². The van der Waals surface area contributed by atoms with Crippen LogP contribution in [0.1, 0.15) is 35.5 Å². The number of H-pyrrole nitrogens is 1. The summed E-state index contributed by atoms with van der Waals surface area (Å²) in [6, 6.07) is 0.274. The Labute approximate surface area is 113 Å². The minimum atomic E-state index is 0.274. The lowest BCUT2D eigenvalue weighted by molar-refractivity contribution is 0.251. The van der Waals surface area contributed by atoms with E-state index in [0.29, 0.717) is 5.95 Å². The minimum Gasteiger partial charge on any atom is -0.368 e. The van der Waals surface area contributed by atoms with Gasteiger partial charge >= 0.3 is 0 Å². The Morgan fingerprint density at radius 3 is 2.47 bits per heavy atom. The van der Waals surface area contributed by atoms with E-state index in [-0.39, 0.29) is 6.04 Å². The Kier molecular flexibility index (Phi) is 3.80. The first-order valence-corrected chi connectivity index (χ1v) is 6.27. The average Bonchev–Trinajstić information content (AvgIpc) is 2.71. The number of anilines is 1. The third kappa shape index (κ3) is 2.90. The summed E-state index contributed by atoms with van der Waals surface area (Å²) in [5.74, 6) is 0.306. The van der Waals surface area contributed by atoms with Crippen molar-refractivity contribution in [2.24, 2.45) is 0 Å². The smallest absolute Gasteiger partial charge is 0.219 e. The van der Waals surface area contributed by atoms with Gasteiger partial charge in [-0.2, -0.15) is 5.10 Å². The molecule has 0 unspecified atom stereocenters. The molecule has 1 atom stereocenters. The lowest BCUT2D eigenvalue weighted by Crippen LogP contribution is -2.23. The monoisotopic (exact) mass is 260 g/mol. The van der Waals surface area contributed by atoms with Crippen LogP contribution in [0.25, 0.3) is 0 Å². The molecular formula is C13H20N6. The topological polar surface area (TPSA) is 83.7 Å². The van der Waals surface area contributed by atoms with Crippen LogP contribution in [0.3, 0.4) is 0 Å². The number of aromatic amines is 1. The zero-order valence-corrected chi connectivity index (χ0v) is 11.8. The second-order valence-electron chi connectivity index (χ2n) is 4.89. The third-order valence-corrected chi connectivity index (χ3v) is 3.42. The molecule has 2 rings (SSSR count). The molecular weight excluding hydrogens is 240 g/mol. The molecule has 19 heavy (non-hydrogen) atoms. The first kappa shape index (κ1) is 13.5. The van der Waals surface area contributed by atoms with Crippen molar-refractivity contribution >= 4 is 5.95 Å². The van der Waals surface area contributed by atoms with Gasteiger partial charge in [-0.1, -0.05) is 0 Å². The molecule has 6 heteroatoms. The predicted octanol–water partition coefficient (Wildman–Crippen LogP) is 1.59. The minimum absolute atomic E-state index is 0.274. The van der Waals surface area contributed by atoms with Crippen molar-refractivity contribution in [1.82, 2.24) is 25.1 Å². The number of aromatic nitrogens is 4. The van der Waals surface area contributed by atoms with Crippen LogP contribution in [0.5, 0.6) is 0 Å². The van der Waals surface area contributed by atoms with Crippen LogP contribution in [0, 0.1) is 13.8 Å². The normalized spacial score (nSPS) is 12.9. The van der Waals surface area contributed by atoms with Crippen LogP contribution in [0.2, 0.25) is 0 Å². The van der Waals surface area contributed by atoms with E-state index < -0.39 is 0 Å². The van der Waals surface area contributed by atoms with Crippen molar-refractivity contribution in [2.75, 3.05) is 12.8 Å². The number of hydrogen-bond donors (Lipinski definition) is 2. The molecule has 0 aliphatic rings. The zero-order valence-electron chi connectivity index (χ0n) is 11.8. The first-order valence-electron chi connectivity index (χ1n) is 6.27. The molecule has 0 aromatic carbocycles. The number of rotatable bonds is 4. The summed E-state index contributed by atoms with van der Waals surface area (Å²) in [4.78, 5) is 10.3. The van der Waals surface area contributed by atoms with Crippen molar-refractivity contribution < 1.29 is 0 Å². The summed E-state index contributed by atoms with van der Waals surface area (Å²) in [6.45, 7) is 7.01. The SMILES string of the molecule is Cc1n[nH]c(C)c1[C@@H](C)N(C)Cc1cnc(N)nc1. The van der Waals surface area contributed by atoms with Crippen molar-refractivity contribution in [3.05, 3.63) is 34.9 Å². The van der Waals surface area contributed by atoms with Gasteiger partial charge in [0.25, 0.3) is 0 Å². The Hall–Kier alpha value is -1.95. The van der Waals surface area contributed by atoms with Gasteiger partial charge in [0.15, 0.2) is 0 Å². The van der Waals surface area contributed by atoms with Crippen LogP contribution < -0.4 is 5.73 Å². The molecule has 0 spiro atoms. The summed E-state index contributed by atoms with van der Waals surface area (Å²) >= 11 is 0. The zero-order chi connectivity index (χ0) is 14.0. The maximum atomic E-state index is 5.49. The highest BCUT2D eigenvalue weighted by Gasteiger charge is 2.18. The van der Waals surface area contributed by atoms with E-state index in [2.05, 4.69) is 39.0 Å². The van der Waals surface area contributed by atoms with E-state index in [1.807, 2.05) is 13.8 Å². The summed E-state index contributed by atoms with van der Waals surface area (Å²) in [5.41, 5.74) is 9.94. The Bertz CT molecular complexity index is 525. The maximum absolute atomic E-state index is 5.49. The standard InChI is InChI=1S/C13H20N6/c1-8-12(9(2)18-17-8)10(3)19(4)7-11-5-15-13(14)16-6-11/h5-6,10H,7H2,1-4H3,(H,17,18)(H2,14,15,16)/t10-/m1/s1. The van der Waals surface area contributed by atoms with Crippen LogP contribution in [0.15, 0.2) is 12.4 Å². The van der Waals surface area contributed by atoms with E-state index >= 15 is 0 Å². The Balaban J connectivity index is 2.11. The second-order valence-corrected chi connectivity index (χ2v) is 4.89. The van der Waals surface area contributed by atoms with Gasteiger partial charge in [0.2, 0.25) is 5.95 Å². The summed E-state index contributed by atoms with van der Waals surface area (Å²) in [5, 5.41) is 7.27. The average molecular weight is 260 g/mol. The maximum Gasteiger partial charge on any atom is 0.219 e. The van der Waals surface area contributed by atoms with E-state index in [4.69, 9.17) is 5.73 Å². The molecule has 2 aromatic rings. The van der Waals surface area contributed by atoms with Gasteiger partial charge in [0, 0.05) is 41.8 Å². The van der Waals surface area contributed by atoms with Crippen LogP contribution in [-0.2, 0) is 6.54 Å². The second kappa shape index (κ2) is 5.36. The van der Waals surface area contributed by atoms with E-state index in [1.165, 1.54) is 5.56 Å². The molecule has 0 amide bonds. The van der Waals surface area contributed by atoms with Gasteiger partial charge in [0.05, 0.1) is 5.69 Å². The highest BCUT2D eigenvalue weighted by Crippen LogP contribution is 2.25. The van der Waals surface area contributed by atoms with Gasteiger partial charge in [-0.25, -0.2) is 9.97 Å². The molecule has 0 aliphatic carbocycles. The van der Waals surface area contributed by atoms with Crippen molar-refractivity contribution in [3.8, 4) is 0 Å². The molecule has 6 nitrogen and oxygen atoms in total. The highest BCUT2D eigenvalue weighted by atomic mass is 15.2. The fraction of sp³-hybridized carbons (Fsp3) is 0.462. The van der Waals surface area contributed by atoms with Gasteiger partial charge in [0.1, 0.15) is 0 Å². The number of hydrogen-bond acceptors (Lipinski definition) is 5. The van der Waals surface area contributed by atoms with Crippen LogP contribution in [0.4, 0.5) is 5.95 Å². The van der Waals surface area contributed by atoms with E-state index in [9.17, 15) is 0 Å². The molecule has 2 aromatic heterocycles. The Morgan fingerprint density at radius 1 is 1.32 bits per heavy atom. The molecule has 3 N–H and O–H groups in total. The number of nitrogens with zero attached hydrogens (tertiary/aromatic N) is 4. The Morgan fingerprint density at radius 2 is 1.95 bits per heavy atom. The van der Waals surface area contributed by atoms with Crippen molar-refractivity contribution in [3.63, 3.8) is 0 Å². The molecule has 2 heterocycles. The number of nitrogen functional groups attached to an aromatic ring is 1. The van der Waals surface area contributed by atoms with E-state index in [1.54, 1.807) is 12.4 Å². The molecule has 0 fully saturated rings. The molecule has 0 radical (unpaired) electrons. The summed E-state index contributed by atoms with van der Waals surface area (Å²) in [6.07, 6.45) is 3.53. The van der Waals surface area contributed by atoms with Crippen LogP contribution in [-0.4, -0.2) is 32.1 Å². The molecule has 102 valence electrons. The number of aryl methyl sites for hydroxylation is 2. The predicted molar refractivity (Wildman–Crippen MR) is 74.4 cm³/mol. The fourth-order valence-electron chi connectivity index (χ4n) is 2.27. The quantitative estimate of drug-likeness (QED) is 0.872. The molecule has 0 aliphatic heterocycles. The summed E-state index contributed by atoms with van der Waals surface area (Å²) in [7, 11) is 2.08. The summed E-state index contributed by atoms with van der Waals surface area (Å²) < 4.78 is 0. The molecule has 0 saturated carbocycles. The lowest BCUT2D eigenvalue weighted by Gasteiger charge is -2.25. The lowest BCUT2D eigenvalue weighted by atomic mass is 10.1. The fourth-order valence-corrected chi connectivity index (χ4v) is 2.27. The van der Waals surface area contributed by atoms with Gasteiger partial charge in [-0.15, -0.1) is 0 Å². The molecule has 0 bridgehead atoms. The largest absolute Gasteiger partial charge is 0.368 e. The van der Waals surface area contributed by atoms with E-state index in [0.717, 1.165) is 23.5 Å². The first-order chi connectivity index (χ1) is 8.99. The number of nitrogens with two attached hydrogens (primary N) is 1. The number of nitrogens with one attached hydrogen (secondary N) is 1. The van der Waals surface area contributed by atoms with Crippen molar-refractivity contribution in [1.29, 1.82) is 0 Å². The molecule has 0 saturated heterocycles. The van der Waals surface area contributed by atoms with Gasteiger partial charge in [-0.3, -0.25) is 10.00 Å². The van der Waals surface area contributed by atoms with Crippen molar-refractivity contribution in [2.45, 2.75) is 33.4 Å².